The number of sulfonamides is 1. The van der Waals surface area contributed by atoms with Gasteiger partial charge in [0.25, 0.3) is 15.9 Å². The quantitative estimate of drug-likeness (QED) is 0.386. The number of benzene rings is 3. The zero-order valence-electron chi connectivity index (χ0n) is 17.2. The molecule has 0 aliphatic carbocycles. The third kappa shape index (κ3) is 5.84. The second-order valence-electron chi connectivity index (χ2n) is 7.08. The Morgan fingerprint density at radius 3 is 2.32 bits per heavy atom. The number of hydrogen-bond acceptors (Lipinski definition) is 3. The van der Waals surface area contributed by atoms with Crippen molar-refractivity contribution in [1.82, 2.24) is 0 Å². The van der Waals surface area contributed by atoms with E-state index in [4.69, 9.17) is 11.6 Å². The summed E-state index contributed by atoms with van der Waals surface area (Å²) >= 11 is 6.00. The Kier molecular flexibility index (Phi) is 7.66. The van der Waals surface area contributed by atoms with Gasteiger partial charge in [-0.1, -0.05) is 67.4 Å². The molecule has 3 rings (SSSR count). The topological polar surface area (TPSA) is 54.5 Å². The number of hydrogen-bond donors (Lipinski definition) is 0. The van der Waals surface area contributed by atoms with Crippen molar-refractivity contribution in [3.05, 3.63) is 101 Å². The fourth-order valence-corrected chi connectivity index (χ4v) is 4.71. The van der Waals surface area contributed by atoms with Gasteiger partial charge < -0.3 is 0 Å². The molecule has 4 nitrogen and oxygen atoms in total. The van der Waals surface area contributed by atoms with E-state index in [1.165, 1.54) is 18.2 Å². The Labute approximate surface area is 188 Å². The predicted octanol–water partition coefficient (Wildman–Crippen LogP) is 6.12. The van der Waals surface area contributed by atoms with Gasteiger partial charge in [0, 0.05) is 11.1 Å². The van der Waals surface area contributed by atoms with Gasteiger partial charge in [0.05, 0.1) is 10.6 Å². The number of anilines is 1. The summed E-state index contributed by atoms with van der Waals surface area (Å²) in [6, 6.07) is 22.0. The third-order valence-corrected chi connectivity index (χ3v) is 6.71. The number of rotatable bonds is 8. The molecule has 0 saturated carbocycles. The van der Waals surface area contributed by atoms with Crippen LogP contribution in [0.2, 0.25) is 5.02 Å². The Hall–Kier alpha value is -2.89. The van der Waals surface area contributed by atoms with E-state index in [0.29, 0.717) is 16.3 Å². The van der Waals surface area contributed by atoms with Gasteiger partial charge in [-0.15, -0.1) is 0 Å². The fraction of sp³-hybridized carbons (Fsp3) is 0.160. The van der Waals surface area contributed by atoms with Crippen LogP contribution in [0.5, 0.6) is 0 Å². The molecule has 0 aliphatic rings. The third-order valence-electron chi connectivity index (χ3n) is 4.74. The van der Waals surface area contributed by atoms with Crippen LogP contribution >= 0.6 is 11.6 Å². The second kappa shape index (κ2) is 10.4. The Bertz CT molecular complexity index is 1160. The van der Waals surface area contributed by atoms with Crippen molar-refractivity contribution < 1.29 is 13.2 Å². The summed E-state index contributed by atoms with van der Waals surface area (Å²) in [5, 5.41) is 0.533. The number of carbonyl (C=O) groups excluding carboxylic acids is 1. The van der Waals surface area contributed by atoms with Gasteiger partial charge in [-0.05, 0) is 66.4 Å². The number of amides is 1. The first kappa shape index (κ1) is 22.8. The molecule has 0 saturated heterocycles. The molecule has 6 heteroatoms. The summed E-state index contributed by atoms with van der Waals surface area (Å²) < 4.78 is 27.5. The molecule has 0 aromatic heterocycles. The minimum Gasteiger partial charge on any atom is -0.268 e. The van der Waals surface area contributed by atoms with Crippen LogP contribution in [0.15, 0.2) is 89.8 Å². The summed E-state index contributed by atoms with van der Waals surface area (Å²) in [6.45, 7) is 2.12. The van der Waals surface area contributed by atoms with Gasteiger partial charge in [-0.2, -0.15) is 4.31 Å². The van der Waals surface area contributed by atoms with E-state index in [9.17, 15) is 13.2 Å². The van der Waals surface area contributed by atoms with Gasteiger partial charge >= 0.3 is 0 Å². The maximum Gasteiger partial charge on any atom is 0.271 e. The first-order valence-electron chi connectivity index (χ1n) is 10.1. The lowest BCUT2D eigenvalue weighted by Gasteiger charge is -2.21. The zero-order chi connectivity index (χ0) is 22.3. The van der Waals surface area contributed by atoms with Crippen molar-refractivity contribution in [2.45, 2.75) is 31.1 Å². The van der Waals surface area contributed by atoms with Crippen LogP contribution in [0.25, 0.3) is 6.08 Å². The van der Waals surface area contributed by atoms with Gasteiger partial charge in [0.2, 0.25) is 0 Å². The lowest BCUT2D eigenvalue weighted by atomic mass is 10.1. The van der Waals surface area contributed by atoms with Crippen LogP contribution in [0.4, 0.5) is 5.69 Å². The Balaban J connectivity index is 1.99. The molecule has 0 atom stereocenters. The number of carbonyl (C=O) groups is 1. The first-order chi connectivity index (χ1) is 14.9. The largest absolute Gasteiger partial charge is 0.271 e. The standard InChI is InChI=1S/C25H24ClNO3S/c1-2-3-8-20-13-16-23(17-14-20)27(31(29,30)24-11-5-4-6-12-24)25(28)18-15-21-9-7-10-22(26)19-21/h4-7,9-19H,2-3,8H2,1H3/b18-15+. The average molecular weight is 454 g/mol. The van der Waals surface area contributed by atoms with E-state index in [1.54, 1.807) is 60.7 Å². The van der Waals surface area contributed by atoms with Crippen LogP contribution in [0.1, 0.15) is 30.9 Å². The van der Waals surface area contributed by atoms with Crippen molar-refractivity contribution in [3.63, 3.8) is 0 Å². The highest BCUT2D eigenvalue weighted by Crippen LogP contribution is 2.25. The van der Waals surface area contributed by atoms with E-state index in [1.807, 2.05) is 12.1 Å². The van der Waals surface area contributed by atoms with Crippen LogP contribution in [0, 0.1) is 0 Å². The fourth-order valence-electron chi connectivity index (χ4n) is 3.11. The lowest BCUT2D eigenvalue weighted by Crippen LogP contribution is -2.35. The van der Waals surface area contributed by atoms with Gasteiger partial charge in [0.1, 0.15) is 0 Å². The van der Waals surface area contributed by atoms with E-state index in [0.717, 1.165) is 29.1 Å². The van der Waals surface area contributed by atoms with E-state index >= 15 is 0 Å². The summed E-state index contributed by atoms with van der Waals surface area (Å²) in [6.07, 6.45) is 5.83. The molecule has 0 fully saturated rings. The predicted molar refractivity (Wildman–Crippen MR) is 127 cm³/mol. The van der Waals surface area contributed by atoms with Crippen molar-refractivity contribution >= 4 is 39.3 Å². The van der Waals surface area contributed by atoms with Crippen molar-refractivity contribution in [2.75, 3.05) is 4.31 Å². The first-order valence-corrected chi connectivity index (χ1v) is 11.9. The summed E-state index contributed by atoms with van der Waals surface area (Å²) in [5.74, 6) is -0.662. The van der Waals surface area contributed by atoms with Crippen LogP contribution < -0.4 is 4.31 Å². The van der Waals surface area contributed by atoms with Gasteiger partial charge in [-0.3, -0.25) is 4.79 Å². The van der Waals surface area contributed by atoms with E-state index < -0.39 is 15.9 Å². The molecule has 0 spiro atoms. The molecule has 3 aromatic rings. The molecule has 0 heterocycles. The summed E-state index contributed by atoms with van der Waals surface area (Å²) in [5.41, 5.74) is 2.10. The Morgan fingerprint density at radius 2 is 1.68 bits per heavy atom. The highest BCUT2D eigenvalue weighted by molar-refractivity contribution is 7.93. The van der Waals surface area contributed by atoms with E-state index in [-0.39, 0.29) is 4.90 Å². The minimum atomic E-state index is -4.09. The molecule has 31 heavy (non-hydrogen) atoms. The van der Waals surface area contributed by atoms with Gasteiger partial charge in [-0.25, -0.2) is 8.42 Å². The van der Waals surface area contributed by atoms with Crippen molar-refractivity contribution in [2.24, 2.45) is 0 Å². The maximum absolute atomic E-state index is 13.3. The number of nitrogens with zero attached hydrogens (tertiary/aromatic N) is 1. The number of halogens is 1. The van der Waals surface area contributed by atoms with Crippen LogP contribution in [-0.2, 0) is 21.2 Å². The van der Waals surface area contributed by atoms with Crippen molar-refractivity contribution in [3.8, 4) is 0 Å². The Morgan fingerprint density at radius 1 is 0.968 bits per heavy atom. The van der Waals surface area contributed by atoms with E-state index in [2.05, 4.69) is 6.92 Å². The highest BCUT2D eigenvalue weighted by Gasteiger charge is 2.29. The van der Waals surface area contributed by atoms with Gasteiger partial charge in [0.15, 0.2) is 0 Å². The summed E-state index contributed by atoms with van der Waals surface area (Å²) in [4.78, 5) is 13.2. The van der Waals surface area contributed by atoms with Crippen LogP contribution in [-0.4, -0.2) is 14.3 Å². The zero-order valence-corrected chi connectivity index (χ0v) is 18.8. The molecule has 160 valence electrons. The molecule has 0 bridgehead atoms. The highest BCUT2D eigenvalue weighted by atomic mass is 35.5. The normalized spacial score (nSPS) is 11.5. The van der Waals surface area contributed by atoms with Crippen molar-refractivity contribution in [1.29, 1.82) is 0 Å². The monoisotopic (exact) mass is 453 g/mol. The molecular weight excluding hydrogens is 430 g/mol. The lowest BCUT2D eigenvalue weighted by molar-refractivity contribution is -0.113. The molecule has 3 aromatic carbocycles. The molecule has 0 unspecified atom stereocenters. The number of aryl methyl sites for hydroxylation is 1. The molecule has 0 aliphatic heterocycles. The SMILES string of the molecule is CCCCc1ccc(N(C(=O)/C=C/c2cccc(Cl)c2)S(=O)(=O)c2ccccc2)cc1. The van der Waals surface area contributed by atoms with Crippen LogP contribution in [0.3, 0.4) is 0 Å². The molecule has 0 radical (unpaired) electrons. The second-order valence-corrected chi connectivity index (χ2v) is 9.30. The maximum atomic E-state index is 13.3. The average Bonchev–Trinajstić information content (AvgIpc) is 2.78. The molecule has 0 N–H and O–H groups in total. The smallest absolute Gasteiger partial charge is 0.268 e. The molecular formula is C25H24ClNO3S. The minimum absolute atomic E-state index is 0.0505. The summed E-state index contributed by atoms with van der Waals surface area (Å²) in [7, 11) is -4.09. The molecule has 1 amide bonds. The number of unbranched alkanes of at least 4 members (excludes halogenated alkanes) is 1.